The van der Waals surface area contributed by atoms with E-state index in [1.807, 2.05) is 0 Å². The minimum Gasteiger partial charge on any atom is -0.382 e. The van der Waals surface area contributed by atoms with E-state index in [1.54, 1.807) is 0 Å². The van der Waals surface area contributed by atoms with Crippen molar-refractivity contribution in [2.45, 2.75) is 30.1 Å². The van der Waals surface area contributed by atoms with Crippen LogP contribution in [0.4, 0.5) is 14.5 Å². The Bertz CT molecular complexity index is 1140. The molecule has 1 aromatic carbocycles. The molecule has 32 heavy (non-hydrogen) atoms. The lowest BCUT2D eigenvalue weighted by Gasteiger charge is -2.22. The molecule has 0 amide bonds. The molecule has 2 aliphatic rings. The van der Waals surface area contributed by atoms with Gasteiger partial charge in [-0.25, -0.2) is 17.2 Å². The van der Waals surface area contributed by atoms with E-state index in [-0.39, 0.29) is 16.5 Å². The summed E-state index contributed by atoms with van der Waals surface area (Å²) >= 11 is 6.24. The van der Waals surface area contributed by atoms with Gasteiger partial charge in [-0.1, -0.05) is 11.6 Å². The zero-order valence-corrected chi connectivity index (χ0v) is 18.7. The van der Waals surface area contributed by atoms with Crippen LogP contribution in [0.2, 0.25) is 5.02 Å². The summed E-state index contributed by atoms with van der Waals surface area (Å²) in [6.07, 6.45) is 2.95. The van der Waals surface area contributed by atoms with Gasteiger partial charge in [0.05, 0.1) is 35.6 Å². The van der Waals surface area contributed by atoms with E-state index < -0.39 is 34.5 Å². The Morgan fingerprint density at radius 2 is 2.03 bits per heavy atom. The van der Waals surface area contributed by atoms with Crippen molar-refractivity contribution in [3.8, 4) is 5.69 Å². The van der Waals surface area contributed by atoms with Crippen LogP contribution in [-0.4, -0.2) is 61.3 Å². The number of ether oxygens (including phenoxy) is 1. The summed E-state index contributed by atoms with van der Waals surface area (Å²) in [5.41, 5.74) is 0.147. The zero-order chi connectivity index (χ0) is 22.9. The van der Waals surface area contributed by atoms with E-state index in [2.05, 4.69) is 10.4 Å². The average Bonchev–Trinajstić information content (AvgIpc) is 3.16. The molecule has 0 unspecified atom stereocenters. The fourth-order valence-corrected chi connectivity index (χ4v) is 5.44. The fourth-order valence-electron chi connectivity index (χ4n) is 3.78. The number of sulfonamides is 1. The summed E-state index contributed by atoms with van der Waals surface area (Å²) in [5.74, 6) is -2.70. The molecule has 1 N–H and O–H groups in total. The highest BCUT2D eigenvalue weighted by Gasteiger charge is 2.43. The number of alkyl halides is 2. The van der Waals surface area contributed by atoms with E-state index in [4.69, 9.17) is 16.3 Å². The van der Waals surface area contributed by atoms with Gasteiger partial charge >= 0.3 is 0 Å². The number of benzene rings is 1. The van der Waals surface area contributed by atoms with Crippen LogP contribution in [-0.2, 0) is 14.8 Å². The Hall–Kier alpha value is -2.08. The van der Waals surface area contributed by atoms with Gasteiger partial charge in [0.25, 0.3) is 11.5 Å². The normalized spacial score (nSPS) is 21.5. The first-order valence-corrected chi connectivity index (χ1v) is 12.1. The third kappa shape index (κ3) is 4.80. The summed E-state index contributed by atoms with van der Waals surface area (Å²) in [7, 11) is -4.05. The van der Waals surface area contributed by atoms with E-state index in [0.29, 0.717) is 30.4 Å². The van der Waals surface area contributed by atoms with Crippen molar-refractivity contribution in [2.75, 3.05) is 38.2 Å². The SMILES string of the molecule is O=c1c(Cl)c(NC[C@H]2CCCOC2)cnn1-c1ccc(S(=O)(=O)N2CCC(F)(F)C2)cc1. The van der Waals surface area contributed by atoms with Crippen LogP contribution in [0.25, 0.3) is 5.69 Å². The second-order valence-electron chi connectivity index (χ2n) is 7.99. The lowest BCUT2D eigenvalue weighted by atomic mass is 10.0. The van der Waals surface area contributed by atoms with Crippen LogP contribution in [0.15, 0.2) is 40.2 Å². The van der Waals surface area contributed by atoms with Gasteiger partial charge < -0.3 is 10.1 Å². The molecule has 12 heteroatoms. The summed E-state index contributed by atoms with van der Waals surface area (Å²) in [5, 5.41) is 7.23. The molecule has 0 aliphatic carbocycles. The van der Waals surface area contributed by atoms with Gasteiger partial charge in [0.15, 0.2) is 0 Å². The lowest BCUT2D eigenvalue weighted by Crippen LogP contribution is -2.31. The third-order valence-corrected chi connectivity index (χ3v) is 7.83. The summed E-state index contributed by atoms with van der Waals surface area (Å²) in [4.78, 5) is 12.6. The second-order valence-corrected chi connectivity index (χ2v) is 10.3. The number of halogens is 3. The summed E-state index contributed by atoms with van der Waals surface area (Å²) in [6.45, 7) is 0.941. The quantitative estimate of drug-likeness (QED) is 0.672. The van der Waals surface area contributed by atoms with E-state index in [1.165, 1.54) is 30.5 Å². The van der Waals surface area contributed by atoms with Crippen molar-refractivity contribution in [3.63, 3.8) is 0 Å². The number of aromatic nitrogens is 2. The highest BCUT2D eigenvalue weighted by molar-refractivity contribution is 7.89. The molecule has 0 spiro atoms. The van der Waals surface area contributed by atoms with Gasteiger partial charge in [0, 0.05) is 26.1 Å². The first-order chi connectivity index (χ1) is 15.2. The number of nitrogens with zero attached hydrogens (tertiary/aromatic N) is 3. The largest absolute Gasteiger partial charge is 0.382 e. The van der Waals surface area contributed by atoms with Crippen LogP contribution in [0.5, 0.6) is 0 Å². The van der Waals surface area contributed by atoms with Crippen LogP contribution in [0.3, 0.4) is 0 Å². The molecule has 8 nitrogen and oxygen atoms in total. The van der Waals surface area contributed by atoms with Gasteiger partial charge in [-0.15, -0.1) is 0 Å². The van der Waals surface area contributed by atoms with Crippen molar-refractivity contribution in [1.29, 1.82) is 0 Å². The van der Waals surface area contributed by atoms with Gasteiger partial charge in [-0.3, -0.25) is 4.79 Å². The van der Waals surface area contributed by atoms with E-state index >= 15 is 0 Å². The molecule has 2 aromatic rings. The van der Waals surface area contributed by atoms with Crippen molar-refractivity contribution in [3.05, 3.63) is 45.8 Å². The molecule has 4 rings (SSSR count). The highest BCUT2D eigenvalue weighted by atomic mass is 35.5. The van der Waals surface area contributed by atoms with Gasteiger partial charge in [0.1, 0.15) is 5.02 Å². The van der Waals surface area contributed by atoms with Gasteiger partial charge in [-0.2, -0.15) is 14.1 Å². The average molecular weight is 489 g/mol. The molecular formula is C20H23ClF2N4O4S. The molecule has 3 heterocycles. The maximum absolute atomic E-state index is 13.4. The second kappa shape index (κ2) is 9.05. The minimum absolute atomic E-state index is 0.0345. The molecule has 0 bridgehead atoms. The molecular weight excluding hydrogens is 466 g/mol. The molecule has 2 fully saturated rings. The molecule has 0 radical (unpaired) electrons. The van der Waals surface area contributed by atoms with Crippen LogP contribution in [0.1, 0.15) is 19.3 Å². The number of nitrogens with one attached hydrogen (secondary N) is 1. The molecule has 1 aromatic heterocycles. The zero-order valence-electron chi connectivity index (χ0n) is 17.1. The van der Waals surface area contributed by atoms with Crippen molar-refractivity contribution >= 4 is 27.3 Å². The van der Waals surface area contributed by atoms with Crippen molar-refractivity contribution in [1.82, 2.24) is 14.1 Å². The smallest absolute Gasteiger partial charge is 0.292 e. The topological polar surface area (TPSA) is 93.5 Å². The molecule has 0 saturated carbocycles. The van der Waals surface area contributed by atoms with Crippen LogP contribution >= 0.6 is 11.6 Å². The highest BCUT2D eigenvalue weighted by Crippen LogP contribution is 2.31. The van der Waals surface area contributed by atoms with Crippen LogP contribution < -0.4 is 10.9 Å². The maximum atomic E-state index is 13.4. The Balaban J connectivity index is 1.50. The van der Waals surface area contributed by atoms with Gasteiger partial charge in [0.2, 0.25) is 10.0 Å². The van der Waals surface area contributed by atoms with Crippen molar-refractivity contribution < 1.29 is 21.9 Å². The Morgan fingerprint density at radius 1 is 1.28 bits per heavy atom. The van der Waals surface area contributed by atoms with E-state index in [9.17, 15) is 22.0 Å². The predicted molar refractivity (Wildman–Crippen MR) is 115 cm³/mol. The number of hydrogen-bond donors (Lipinski definition) is 1. The van der Waals surface area contributed by atoms with E-state index in [0.717, 1.165) is 28.4 Å². The maximum Gasteiger partial charge on any atom is 0.292 e. The lowest BCUT2D eigenvalue weighted by molar-refractivity contribution is 0.0183. The Kier molecular flexibility index (Phi) is 6.53. The summed E-state index contributed by atoms with van der Waals surface area (Å²) in [6, 6.07) is 5.30. The number of anilines is 1. The molecule has 1 atom stereocenters. The van der Waals surface area contributed by atoms with Crippen LogP contribution in [0, 0.1) is 5.92 Å². The standard InChI is InChI=1S/C20H23ClF2N4O4S/c21-18-17(24-10-14-2-1-9-31-12-14)11-25-27(19(18)28)15-3-5-16(6-4-15)32(29,30)26-8-7-20(22,23)13-26/h3-6,11,14,24H,1-2,7-10,12-13H2/t14-/m1/s1. The third-order valence-electron chi connectivity index (χ3n) is 5.61. The summed E-state index contributed by atoms with van der Waals surface area (Å²) < 4.78 is 59.3. The Morgan fingerprint density at radius 3 is 2.66 bits per heavy atom. The molecule has 2 aliphatic heterocycles. The first-order valence-electron chi connectivity index (χ1n) is 10.3. The van der Waals surface area contributed by atoms with Crippen molar-refractivity contribution in [2.24, 2.45) is 5.92 Å². The predicted octanol–water partition coefficient (Wildman–Crippen LogP) is 2.75. The molecule has 174 valence electrons. The Labute approximate surface area is 189 Å². The van der Waals surface area contributed by atoms with Gasteiger partial charge in [-0.05, 0) is 43.0 Å². The molecule has 2 saturated heterocycles. The number of rotatable bonds is 6. The number of hydrogen-bond acceptors (Lipinski definition) is 6. The minimum atomic E-state index is -4.05. The monoisotopic (exact) mass is 488 g/mol. The fraction of sp³-hybridized carbons (Fsp3) is 0.500. The first kappa shape index (κ1) is 23.1.